The van der Waals surface area contributed by atoms with Crippen LogP contribution >= 0.6 is 0 Å². The average Bonchev–Trinajstić information content (AvgIpc) is 3.15. The van der Waals surface area contributed by atoms with Crippen LogP contribution in [-0.4, -0.2) is 45.2 Å². The van der Waals surface area contributed by atoms with E-state index in [1.54, 1.807) is 24.3 Å². The van der Waals surface area contributed by atoms with Crippen LogP contribution in [0.15, 0.2) is 41.3 Å². The summed E-state index contributed by atoms with van der Waals surface area (Å²) in [6.45, 7) is 1.41. The molecule has 2 bridgehead atoms. The highest BCUT2D eigenvalue weighted by Gasteiger charge is 2.34. The molecule has 2 aromatic carbocycles. The first-order valence-electron chi connectivity index (χ1n) is 10.8. The molecule has 0 amide bonds. The fraction of sp³-hybridized carbons (Fsp3) is 0.240. The second-order valence-corrected chi connectivity index (χ2v) is 8.66. The lowest BCUT2D eigenvalue weighted by Gasteiger charge is -2.34. The summed E-state index contributed by atoms with van der Waals surface area (Å²) in [5, 5.41) is 15.5. The topological polar surface area (TPSA) is 94.1 Å². The summed E-state index contributed by atoms with van der Waals surface area (Å²) < 4.78 is 15.9. The molecule has 8 heteroatoms. The summed E-state index contributed by atoms with van der Waals surface area (Å²) in [5.41, 5.74) is 0.334. The molecule has 33 heavy (non-hydrogen) atoms. The van der Waals surface area contributed by atoms with E-state index < -0.39 is 11.5 Å². The van der Waals surface area contributed by atoms with Crippen LogP contribution in [-0.2, 0) is 0 Å². The van der Waals surface area contributed by atoms with Crippen LogP contribution in [0.2, 0.25) is 0 Å². The predicted octanol–water partition coefficient (Wildman–Crippen LogP) is 2.90. The van der Waals surface area contributed by atoms with Crippen LogP contribution in [0.5, 0.6) is 5.75 Å². The maximum Gasteiger partial charge on any atom is 0.347 e. The van der Waals surface area contributed by atoms with Crippen LogP contribution in [0, 0.1) is 18.2 Å². The largest absolute Gasteiger partial charge is 0.508 e. The van der Waals surface area contributed by atoms with Gasteiger partial charge in [0.1, 0.15) is 17.3 Å². The van der Waals surface area contributed by atoms with E-state index in [1.165, 1.54) is 12.3 Å². The SMILES string of the molecule is C#Cc1cccc2cc(O)cc(-c3ncc4c(N5CC6CCC(C5)N6)nc(=O)[nH]c4c3F)c12. The summed E-state index contributed by atoms with van der Waals surface area (Å²) in [6.07, 6.45) is 9.36. The van der Waals surface area contributed by atoms with Crippen molar-refractivity contribution in [3.8, 4) is 29.4 Å². The number of fused-ring (bicyclic) bond motifs is 4. The molecule has 164 valence electrons. The minimum atomic E-state index is -0.690. The Morgan fingerprint density at radius 1 is 1.21 bits per heavy atom. The molecule has 2 fully saturated rings. The number of terminal acetylenes is 1. The highest BCUT2D eigenvalue weighted by atomic mass is 19.1. The van der Waals surface area contributed by atoms with Gasteiger partial charge < -0.3 is 20.3 Å². The van der Waals surface area contributed by atoms with Gasteiger partial charge in [-0.15, -0.1) is 6.42 Å². The number of hydrogen-bond donors (Lipinski definition) is 3. The van der Waals surface area contributed by atoms with Crippen LogP contribution in [0.3, 0.4) is 0 Å². The molecule has 2 aliphatic rings. The molecule has 4 aromatic rings. The van der Waals surface area contributed by atoms with Crippen molar-refractivity contribution in [2.24, 2.45) is 0 Å². The van der Waals surface area contributed by atoms with Crippen LogP contribution in [0.25, 0.3) is 32.9 Å². The monoisotopic (exact) mass is 441 g/mol. The van der Waals surface area contributed by atoms with Crippen molar-refractivity contribution in [1.82, 2.24) is 20.3 Å². The Hall–Kier alpha value is -3.96. The molecular weight excluding hydrogens is 421 g/mol. The summed E-state index contributed by atoms with van der Waals surface area (Å²) >= 11 is 0. The number of halogens is 1. The normalized spacial score (nSPS) is 19.8. The summed E-state index contributed by atoms with van der Waals surface area (Å²) in [5.74, 6) is 2.34. The van der Waals surface area contributed by atoms with Gasteiger partial charge in [0.25, 0.3) is 0 Å². The number of nitrogens with zero attached hydrogens (tertiary/aromatic N) is 3. The average molecular weight is 441 g/mol. The number of aromatic amines is 1. The Morgan fingerprint density at radius 2 is 2.00 bits per heavy atom. The highest BCUT2D eigenvalue weighted by Crippen LogP contribution is 2.37. The van der Waals surface area contributed by atoms with Gasteiger partial charge in [0, 0.05) is 47.9 Å². The third kappa shape index (κ3) is 3.12. The smallest absolute Gasteiger partial charge is 0.347 e. The quantitative estimate of drug-likeness (QED) is 0.414. The molecule has 6 rings (SSSR count). The Bertz CT molecular complexity index is 1530. The number of anilines is 1. The molecular formula is C25H20FN5O2. The zero-order valence-corrected chi connectivity index (χ0v) is 17.6. The second kappa shape index (κ2) is 7.29. The molecule has 2 aliphatic heterocycles. The van der Waals surface area contributed by atoms with Crippen molar-refractivity contribution in [2.75, 3.05) is 18.0 Å². The highest BCUT2D eigenvalue weighted by molar-refractivity contribution is 6.02. The number of piperazine rings is 1. The molecule has 0 spiro atoms. The van der Waals surface area contributed by atoms with Gasteiger partial charge in [0.15, 0.2) is 5.82 Å². The van der Waals surface area contributed by atoms with E-state index in [9.17, 15) is 9.90 Å². The van der Waals surface area contributed by atoms with Gasteiger partial charge in [0.2, 0.25) is 0 Å². The van der Waals surface area contributed by atoms with E-state index in [0.29, 0.717) is 58.3 Å². The Morgan fingerprint density at radius 3 is 2.76 bits per heavy atom. The summed E-state index contributed by atoms with van der Waals surface area (Å²) in [6, 6.07) is 9.00. The number of benzene rings is 2. The lowest BCUT2D eigenvalue weighted by molar-refractivity contribution is 0.464. The Balaban J connectivity index is 1.58. The van der Waals surface area contributed by atoms with Gasteiger partial charge in [-0.1, -0.05) is 18.1 Å². The Labute approximate surface area is 188 Å². The molecule has 2 aromatic heterocycles. The van der Waals surface area contributed by atoms with Gasteiger partial charge in [-0.2, -0.15) is 4.98 Å². The number of hydrogen-bond acceptors (Lipinski definition) is 6. The van der Waals surface area contributed by atoms with Crippen molar-refractivity contribution < 1.29 is 9.50 Å². The summed E-state index contributed by atoms with van der Waals surface area (Å²) in [4.78, 5) is 25.6. The van der Waals surface area contributed by atoms with E-state index in [1.807, 2.05) is 4.90 Å². The molecule has 2 atom stereocenters. The van der Waals surface area contributed by atoms with Crippen molar-refractivity contribution in [1.29, 1.82) is 0 Å². The van der Waals surface area contributed by atoms with Crippen molar-refractivity contribution in [2.45, 2.75) is 24.9 Å². The fourth-order valence-corrected chi connectivity index (χ4v) is 5.19. The molecule has 7 nitrogen and oxygen atoms in total. The third-order valence-electron chi connectivity index (χ3n) is 6.59. The number of aromatic nitrogens is 3. The van der Waals surface area contributed by atoms with Gasteiger partial charge in [-0.3, -0.25) is 4.98 Å². The molecule has 3 N–H and O–H groups in total. The minimum Gasteiger partial charge on any atom is -0.508 e. The first-order chi connectivity index (χ1) is 16.0. The van der Waals surface area contributed by atoms with Gasteiger partial charge in [-0.25, -0.2) is 9.18 Å². The summed E-state index contributed by atoms with van der Waals surface area (Å²) in [7, 11) is 0. The van der Waals surface area contributed by atoms with Gasteiger partial charge in [-0.05, 0) is 36.4 Å². The first kappa shape index (κ1) is 19.7. The minimum absolute atomic E-state index is 0.000666. The molecule has 2 unspecified atom stereocenters. The number of rotatable bonds is 2. The second-order valence-electron chi connectivity index (χ2n) is 8.66. The first-order valence-corrected chi connectivity index (χ1v) is 10.8. The maximum absolute atomic E-state index is 15.9. The number of phenolic OH excluding ortho intramolecular Hbond substituents is 1. The predicted molar refractivity (Wildman–Crippen MR) is 125 cm³/mol. The number of aromatic hydroxyl groups is 1. The van der Waals surface area contributed by atoms with Crippen LogP contribution < -0.4 is 15.9 Å². The molecule has 0 radical (unpaired) electrons. The van der Waals surface area contributed by atoms with Crippen LogP contribution in [0.4, 0.5) is 10.2 Å². The number of nitrogens with one attached hydrogen (secondary N) is 2. The van der Waals surface area contributed by atoms with E-state index in [2.05, 4.69) is 26.2 Å². The third-order valence-corrected chi connectivity index (χ3v) is 6.59. The van der Waals surface area contributed by atoms with E-state index in [-0.39, 0.29) is 17.0 Å². The van der Waals surface area contributed by atoms with E-state index in [0.717, 1.165) is 12.8 Å². The number of pyridine rings is 1. The standard InChI is InChI=1S/C25H20FN5O2/c1-2-13-4-3-5-14-8-17(32)9-18(20(13)14)22-21(26)23-19(10-27-22)24(30-25(33)29-23)31-11-15-6-7-16(12-31)28-15/h1,3-5,8-10,15-16,28,32H,6-7,11-12H2,(H,29,30,33). The lowest BCUT2D eigenvalue weighted by Crippen LogP contribution is -2.51. The molecule has 0 saturated carbocycles. The van der Waals surface area contributed by atoms with Gasteiger partial charge in [0.05, 0.1) is 10.9 Å². The van der Waals surface area contributed by atoms with Crippen LogP contribution in [0.1, 0.15) is 18.4 Å². The lowest BCUT2D eigenvalue weighted by atomic mass is 9.96. The molecule has 2 saturated heterocycles. The zero-order valence-electron chi connectivity index (χ0n) is 17.6. The fourth-order valence-electron chi connectivity index (χ4n) is 5.19. The maximum atomic E-state index is 15.9. The number of phenols is 1. The Kier molecular flexibility index (Phi) is 4.35. The molecule has 0 aliphatic carbocycles. The van der Waals surface area contributed by atoms with E-state index in [4.69, 9.17) is 6.42 Å². The molecule has 4 heterocycles. The number of H-pyrrole nitrogens is 1. The van der Waals surface area contributed by atoms with Crippen molar-refractivity contribution >= 4 is 27.5 Å². The zero-order chi connectivity index (χ0) is 22.7. The van der Waals surface area contributed by atoms with E-state index >= 15 is 4.39 Å². The van der Waals surface area contributed by atoms with Crippen molar-refractivity contribution in [3.05, 3.63) is 58.4 Å². The van der Waals surface area contributed by atoms with Gasteiger partial charge >= 0.3 is 5.69 Å². The van der Waals surface area contributed by atoms with Crippen molar-refractivity contribution in [3.63, 3.8) is 0 Å².